The van der Waals surface area contributed by atoms with Crippen molar-refractivity contribution in [2.45, 2.75) is 32.2 Å². The summed E-state index contributed by atoms with van der Waals surface area (Å²) in [7, 11) is 0. The number of hydrogen-bond acceptors (Lipinski definition) is 4. The fourth-order valence-electron chi connectivity index (χ4n) is 2.33. The van der Waals surface area contributed by atoms with Gasteiger partial charge in [-0.15, -0.1) is 0 Å². The molecule has 126 valence electrons. The van der Waals surface area contributed by atoms with E-state index in [1.165, 1.54) is 17.9 Å². The summed E-state index contributed by atoms with van der Waals surface area (Å²) < 4.78 is 36.6. The first-order chi connectivity index (χ1) is 10.8. The van der Waals surface area contributed by atoms with Gasteiger partial charge in [-0.25, -0.2) is 13.6 Å². The number of nitrogens with zero attached hydrogens (tertiary/aromatic N) is 1. The number of carbonyl (C=O) groups is 2. The predicted octanol–water partition coefficient (Wildman–Crippen LogP) is 1.43. The molecule has 0 bridgehead atoms. The lowest BCUT2D eigenvalue weighted by Crippen LogP contribution is -2.54. The summed E-state index contributed by atoms with van der Waals surface area (Å²) in [5.74, 6) is -3.67. The average Bonchev–Trinajstić information content (AvgIpc) is 2.49. The summed E-state index contributed by atoms with van der Waals surface area (Å²) in [5.41, 5.74) is 0. The topological polar surface area (TPSA) is 76.1 Å². The molecular weight excluding hydrogens is 312 g/mol. The molecule has 0 spiro atoms. The van der Waals surface area contributed by atoms with Gasteiger partial charge in [0.25, 0.3) is 5.91 Å². The first-order valence-electron chi connectivity index (χ1n) is 7.06. The normalized spacial score (nSPS) is 22.5. The molecule has 0 aromatic heterocycles. The van der Waals surface area contributed by atoms with Gasteiger partial charge < -0.3 is 19.5 Å². The van der Waals surface area contributed by atoms with Crippen LogP contribution in [0.25, 0.3) is 0 Å². The number of amides is 1. The number of carboxylic acids is 1. The zero-order chi connectivity index (χ0) is 17.1. The Morgan fingerprint density at radius 3 is 2.65 bits per heavy atom. The van der Waals surface area contributed by atoms with Gasteiger partial charge in [0, 0.05) is 12.6 Å². The van der Waals surface area contributed by atoms with E-state index in [2.05, 4.69) is 0 Å². The maximum atomic E-state index is 13.1. The van der Waals surface area contributed by atoms with Crippen LogP contribution in [-0.2, 0) is 14.3 Å². The number of ether oxygens (including phenoxy) is 2. The fraction of sp³-hybridized carbons (Fsp3) is 0.467. The van der Waals surface area contributed by atoms with E-state index in [1.54, 1.807) is 6.92 Å². The number of hydrogen-bond donors (Lipinski definition) is 1. The fourth-order valence-corrected chi connectivity index (χ4v) is 2.33. The van der Waals surface area contributed by atoms with Crippen LogP contribution in [0.5, 0.6) is 5.75 Å². The Bertz CT molecular complexity index is 610. The monoisotopic (exact) mass is 329 g/mol. The van der Waals surface area contributed by atoms with Crippen molar-refractivity contribution in [2.75, 3.05) is 13.1 Å². The molecular formula is C15H17F2NO5. The zero-order valence-corrected chi connectivity index (χ0v) is 12.7. The van der Waals surface area contributed by atoms with Crippen LogP contribution in [0.1, 0.15) is 13.8 Å². The van der Waals surface area contributed by atoms with Crippen LogP contribution in [0.15, 0.2) is 18.2 Å². The number of rotatable bonds is 4. The quantitative estimate of drug-likeness (QED) is 0.904. The SMILES string of the molecule is CC(Oc1ccc(F)c(F)c1)C(=O)N1CC(C(=O)O)O[C@H](C)C1. The third-order valence-electron chi connectivity index (χ3n) is 3.40. The van der Waals surface area contributed by atoms with Crippen molar-refractivity contribution in [3.63, 3.8) is 0 Å². The molecule has 1 aromatic rings. The second kappa shape index (κ2) is 6.91. The molecule has 1 saturated heterocycles. The highest BCUT2D eigenvalue weighted by Crippen LogP contribution is 2.19. The molecule has 23 heavy (non-hydrogen) atoms. The standard InChI is InChI=1S/C15H17F2NO5/c1-8-6-18(7-13(22-8)15(20)21)14(19)9(2)23-10-3-4-11(16)12(17)5-10/h3-5,8-9,13H,6-7H2,1-2H3,(H,20,21)/t8-,9?,13?/m1/s1. The van der Waals surface area contributed by atoms with Gasteiger partial charge in [0.2, 0.25) is 0 Å². The Balaban J connectivity index is 2.03. The van der Waals surface area contributed by atoms with E-state index >= 15 is 0 Å². The number of aliphatic carboxylic acids is 1. The first kappa shape index (κ1) is 17.1. The van der Waals surface area contributed by atoms with E-state index in [9.17, 15) is 18.4 Å². The molecule has 2 unspecified atom stereocenters. The van der Waals surface area contributed by atoms with Crippen molar-refractivity contribution in [1.82, 2.24) is 4.90 Å². The summed E-state index contributed by atoms with van der Waals surface area (Å²) in [6.07, 6.45) is -2.50. The van der Waals surface area contributed by atoms with Crippen LogP contribution in [-0.4, -0.2) is 53.3 Å². The van der Waals surface area contributed by atoms with E-state index in [4.69, 9.17) is 14.6 Å². The molecule has 2 rings (SSSR count). The molecule has 1 fully saturated rings. The molecule has 1 aliphatic rings. The van der Waals surface area contributed by atoms with Crippen molar-refractivity contribution in [1.29, 1.82) is 0 Å². The van der Waals surface area contributed by atoms with Crippen molar-refractivity contribution in [3.05, 3.63) is 29.8 Å². The molecule has 3 atom stereocenters. The van der Waals surface area contributed by atoms with Crippen molar-refractivity contribution < 1.29 is 33.0 Å². The van der Waals surface area contributed by atoms with Crippen LogP contribution in [0.4, 0.5) is 8.78 Å². The van der Waals surface area contributed by atoms with Gasteiger partial charge in [-0.3, -0.25) is 4.79 Å². The Labute approximate surface area is 131 Å². The van der Waals surface area contributed by atoms with Gasteiger partial charge in [-0.05, 0) is 26.0 Å². The van der Waals surface area contributed by atoms with Gasteiger partial charge in [0.1, 0.15) is 5.75 Å². The van der Waals surface area contributed by atoms with E-state index in [0.29, 0.717) is 0 Å². The lowest BCUT2D eigenvalue weighted by molar-refractivity contribution is -0.168. The second-order valence-corrected chi connectivity index (χ2v) is 5.35. The highest BCUT2D eigenvalue weighted by atomic mass is 19.2. The predicted molar refractivity (Wildman–Crippen MR) is 75.0 cm³/mol. The van der Waals surface area contributed by atoms with E-state index in [-0.39, 0.29) is 18.8 Å². The molecule has 1 aliphatic heterocycles. The van der Waals surface area contributed by atoms with Gasteiger partial charge in [0.05, 0.1) is 12.6 Å². The largest absolute Gasteiger partial charge is 0.481 e. The zero-order valence-electron chi connectivity index (χ0n) is 12.7. The van der Waals surface area contributed by atoms with Gasteiger partial charge in [-0.1, -0.05) is 0 Å². The number of carboxylic acid groups (broad SMARTS) is 1. The Morgan fingerprint density at radius 1 is 1.35 bits per heavy atom. The second-order valence-electron chi connectivity index (χ2n) is 5.35. The first-order valence-corrected chi connectivity index (χ1v) is 7.06. The average molecular weight is 329 g/mol. The molecule has 0 saturated carbocycles. The number of morpholine rings is 1. The molecule has 1 amide bonds. The molecule has 8 heteroatoms. The molecule has 1 heterocycles. The molecule has 6 nitrogen and oxygen atoms in total. The van der Waals surface area contributed by atoms with Gasteiger partial charge >= 0.3 is 5.97 Å². The van der Waals surface area contributed by atoms with Gasteiger partial charge in [-0.2, -0.15) is 0 Å². The lowest BCUT2D eigenvalue weighted by Gasteiger charge is -2.36. The molecule has 1 N–H and O–H groups in total. The smallest absolute Gasteiger partial charge is 0.334 e. The number of carbonyl (C=O) groups excluding carboxylic acids is 1. The molecule has 1 aromatic carbocycles. The minimum atomic E-state index is -1.15. The summed E-state index contributed by atoms with van der Waals surface area (Å²) in [6.45, 7) is 3.26. The van der Waals surface area contributed by atoms with E-state index in [0.717, 1.165) is 12.1 Å². The number of benzene rings is 1. The Hall–Kier alpha value is -2.22. The van der Waals surface area contributed by atoms with Crippen molar-refractivity contribution >= 4 is 11.9 Å². The highest BCUT2D eigenvalue weighted by molar-refractivity contribution is 5.82. The van der Waals surface area contributed by atoms with Crippen LogP contribution < -0.4 is 4.74 Å². The van der Waals surface area contributed by atoms with Crippen LogP contribution in [0.3, 0.4) is 0 Å². The lowest BCUT2D eigenvalue weighted by atomic mass is 10.2. The maximum absolute atomic E-state index is 13.1. The summed E-state index contributed by atoms with van der Waals surface area (Å²) >= 11 is 0. The third-order valence-corrected chi connectivity index (χ3v) is 3.40. The molecule has 0 aliphatic carbocycles. The third kappa shape index (κ3) is 4.16. The highest BCUT2D eigenvalue weighted by Gasteiger charge is 2.34. The van der Waals surface area contributed by atoms with Crippen LogP contribution >= 0.6 is 0 Å². The Morgan fingerprint density at radius 2 is 2.04 bits per heavy atom. The minimum absolute atomic E-state index is 0.0147. The summed E-state index contributed by atoms with van der Waals surface area (Å²) in [6, 6.07) is 2.96. The van der Waals surface area contributed by atoms with E-state index in [1.807, 2.05) is 0 Å². The van der Waals surface area contributed by atoms with Crippen LogP contribution in [0.2, 0.25) is 0 Å². The van der Waals surface area contributed by atoms with Crippen LogP contribution in [0, 0.1) is 11.6 Å². The van der Waals surface area contributed by atoms with Crippen molar-refractivity contribution in [2.24, 2.45) is 0 Å². The summed E-state index contributed by atoms with van der Waals surface area (Å²) in [5, 5.41) is 9.01. The van der Waals surface area contributed by atoms with Crippen molar-refractivity contribution in [3.8, 4) is 5.75 Å². The molecule has 0 radical (unpaired) electrons. The maximum Gasteiger partial charge on any atom is 0.334 e. The number of halogens is 2. The minimum Gasteiger partial charge on any atom is -0.481 e. The van der Waals surface area contributed by atoms with Gasteiger partial charge in [0.15, 0.2) is 23.8 Å². The summed E-state index contributed by atoms with van der Waals surface area (Å²) in [4.78, 5) is 24.7. The van der Waals surface area contributed by atoms with E-state index < -0.39 is 41.8 Å². The Kier molecular flexibility index (Phi) is 5.15.